The predicted molar refractivity (Wildman–Crippen MR) is 80.5 cm³/mol. The molecule has 4 nitrogen and oxygen atoms in total. The number of carbonyl (C=O) groups is 1. The molecule has 6 heteroatoms. The summed E-state index contributed by atoms with van der Waals surface area (Å²) >= 11 is 9.38. The molecule has 0 fully saturated rings. The van der Waals surface area contributed by atoms with Crippen molar-refractivity contribution < 1.29 is 9.53 Å². The highest BCUT2D eigenvalue weighted by Crippen LogP contribution is 2.26. The van der Waals surface area contributed by atoms with Gasteiger partial charge in [-0.3, -0.25) is 5.32 Å². The largest absolute Gasteiger partial charge is 0.468 e. The molecule has 1 unspecified atom stereocenters. The van der Waals surface area contributed by atoms with Gasteiger partial charge in [-0.25, -0.2) is 4.79 Å². The van der Waals surface area contributed by atoms with E-state index in [1.165, 1.54) is 7.11 Å². The van der Waals surface area contributed by atoms with E-state index in [0.29, 0.717) is 11.6 Å². The molecule has 106 valence electrons. The second kappa shape index (κ2) is 7.85. The van der Waals surface area contributed by atoms with Gasteiger partial charge in [0.25, 0.3) is 0 Å². The van der Waals surface area contributed by atoms with Crippen LogP contribution in [0.15, 0.2) is 22.7 Å². The van der Waals surface area contributed by atoms with Crippen molar-refractivity contribution in [2.45, 2.75) is 6.04 Å². The van der Waals surface area contributed by atoms with E-state index >= 15 is 0 Å². The summed E-state index contributed by atoms with van der Waals surface area (Å²) in [5.74, 6) is -0.322. The number of ether oxygens (including phenoxy) is 1. The van der Waals surface area contributed by atoms with Crippen molar-refractivity contribution in [1.82, 2.24) is 10.2 Å². The fourth-order valence-electron chi connectivity index (χ4n) is 1.58. The third-order valence-corrected chi connectivity index (χ3v) is 3.85. The van der Waals surface area contributed by atoms with Crippen LogP contribution in [0.5, 0.6) is 0 Å². The zero-order valence-electron chi connectivity index (χ0n) is 11.2. The van der Waals surface area contributed by atoms with Crippen molar-refractivity contribution in [2.24, 2.45) is 0 Å². The Balaban J connectivity index is 2.83. The number of hydrogen-bond acceptors (Lipinski definition) is 4. The standard InChI is InChI=1S/C13H18BrClN2O2/c1-17(2)7-6-16-12(13(18)19-3)9-4-5-10(14)11(15)8-9/h4-5,8,12,16H,6-7H2,1-3H3. The second-order valence-corrected chi connectivity index (χ2v) is 5.65. The van der Waals surface area contributed by atoms with E-state index < -0.39 is 6.04 Å². The SMILES string of the molecule is COC(=O)C(NCCN(C)C)c1ccc(Br)c(Cl)c1. The van der Waals surface area contributed by atoms with E-state index in [2.05, 4.69) is 21.2 Å². The van der Waals surface area contributed by atoms with Crippen LogP contribution in [-0.4, -0.2) is 45.2 Å². The van der Waals surface area contributed by atoms with Crippen molar-refractivity contribution >= 4 is 33.5 Å². The second-order valence-electron chi connectivity index (χ2n) is 4.39. The minimum atomic E-state index is -0.504. The molecule has 0 saturated carbocycles. The van der Waals surface area contributed by atoms with Gasteiger partial charge in [0, 0.05) is 17.6 Å². The van der Waals surface area contributed by atoms with E-state index in [-0.39, 0.29) is 5.97 Å². The highest BCUT2D eigenvalue weighted by atomic mass is 79.9. The first-order valence-electron chi connectivity index (χ1n) is 5.86. The minimum Gasteiger partial charge on any atom is -0.468 e. The summed E-state index contributed by atoms with van der Waals surface area (Å²) in [6.45, 7) is 1.51. The predicted octanol–water partition coefficient (Wildman–Crippen LogP) is 2.47. The Hall–Kier alpha value is -0.620. The topological polar surface area (TPSA) is 41.6 Å². The van der Waals surface area contributed by atoms with Crippen molar-refractivity contribution in [3.63, 3.8) is 0 Å². The molecule has 1 aromatic carbocycles. The number of benzene rings is 1. The molecule has 0 radical (unpaired) electrons. The Morgan fingerprint density at radius 1 is 1.53 bits per heavy atom. The van der Waals surface area contributed by atoms with Crippen LogP contribution >= 0.6 is 27.5 Å². The number of nitrogens with zero attached hydrogens (tertiary/aromatic N) is 1. The van der Waals surface area contributed by atoms with Gasteiger partial charge in [-0.2, -0.15) is 0 Å². The van der Waals surface area contributed by atoms with Gasteiger partial charge in [0.15, 0.2) is 0 Å². The Kier molecular flexibility index (Phi) is 6.79. The van der Waals surface area contributed by atoms with Gasteiger partial charge in [0.05, 0.1) is 12.1 Å². The zero-order chi connectivity index (χ0) is 14.4. The lowest BCUT2D eigenvalue weighted by molar-refractivity contribution is -0.143. The van der Waals surface area contributed by atoms with Gasteiger partial charge < -0.3 is 9.64 Å². The van der Waals surface area contributed by atoms with Crippen LogP contribution in [0.3, 0.4) is 0 Å². The smallest absolute Gasteiger partial charge is 0.327 e. The third kappa shape index (κ3) is 5.10. The van der Waals surface area contributed by atoms with Crippen LogP contribution in [0, 0.1) is 0 Å². The van der Waals surface area contributed by atoms with Crippen molar-refractivity contribution in [3.05, 3.63) is 33.3 Å². The minimum absolute atomic E-state index is 0.322. The molecule has 0 heterocycles. The summed E-state index contributed by atoms with van der Waals surface area (Å²) in [4.78, 5) is 13.9. The average molecular weight is 350 g/mol. The molecule has 0 aliphatic heterocycles. The molecule has 0 bridgehead atoms. The molecular formula is C13H18BrClN2O2. The maximum absolute atomic E-state index is 11.8. The first-order chi connectivity index (χ1) is 8.95. The van der Waals surface area contributed by atoms with Crippen LogP contribution < -0.4 is 5.32 Å². The Bertz CT molecular complexity index is 441. The van der Waals surface area contributed by atoms with E-state index in [1.54, 1.807) is 6.07 Å². The third-order valence-electron chi connectivity index (χ3n) is 2.62. The Morgan fingerprint density at radius 2 is 2.21 bits per heavy atom. The lowest BCUT2D eigenvalue weighted by atomic mass is 10.1. The number of likely N-dealkylation sites (N-methyl/N-ethyl adjacent to an activating group) is 1. The normalized spacial score (nSPS) is 12.5. The molecule has 0 amide bonds. The maximum Gasteiger partial charge on any atom is 0.327 e. The summed E-state index contributed by atoms with van der Waals surface area (Å²) in [6, 6.07) is 4.92. The number of rotatable bonds is 6. The van der Waals surface area contributed by atoms with Gasteiger partial charge >= 0.3 is 5.97 Å². The first-order valence-corrected chi connectivity index (χ1v) is 7.03. The lowest BCUT2D eigenvalue weighted by Crippen LogP contribution is -2.34. The molecule has 1 aromatic rings. The number of hydrogen-bond donors (Lipinski definition) is 1. The van der Waals surface area contributed by atoms with Crippen molar-refractivity contribution in [2.75, 3.05) is 34.3 Å². The summed E-state index contributed by atoms with van der Waals surface area (Å²) < 4.78 is 5.63. The van der Waals surface area contributed by atoms with E-state index in [1.807, 2.05) is 31.1 Å². The van der Waals surface area contributed by atoms with Crippen LogP contribution in [0.2, 0.25) is 5.02 Å². The molecule has 0 aliphatic carbocycles. The lowest BCUT2D eigenvalue weighted by Gasteiger charge is -2.19. The van der Waals surface area contributed by atoms with Gasteiger partial charge in [0.1, 0.15) is 6.04 Å². The highest BCUT2D eigenvalue weighted by Gasteiger charge is 2.21. The summed E-state index contributed by atoms with van der Waals surface area (Å²) in [5.41, 5.74) is 0.791. The number of nitrogens with one attached hydrogen (secondary N) is 1. The number of halogens is 2. The summed E-state index contributed by atoms with van der Waals surface area (Å²) in [5, 5.41) is 3.74. The first kappa shape index (κ1) is 16.4. The Morgan fingerprint density at radius 3 is 2.74 bits per heavy atom. The molecule has 0 saturated heterocycles. The monoisotopic (exact) mass is 348 g/mol. The fraction of sp³-hybridized carbons (Fsp3) is 0.462. The summed E-state index contributed by atoms with van der Waals surface area (Å²) in [7, 11) is 5.33. The van der Waals surface area contributed by atoms with Crippen LogP contribution in [0.25, 0.3) is 0 Å². The quantitative estimate of drug-likeness (QED) is 0.801. The molecule has 1 atom stereocenters. The highest BCUT2D eigenvalue weighted by molar-refractivity contribution is 9.10. The van der Waals surface area contributed by atoms with E-state index in [0.717, 1.165) is 16.6 Å². The fourth-order valence-corrected chi connectivity index (χ4v) is 2.02. The molecule has 0 aliphatic rings. The van der Waals surface area contributed by atoms with E-state index in [4.69, 9.17) is 16.3 Å². The molecular weight excluding hydrogens is 332 g/mol. The van der Waals surface area contributed by atoms with Gasteiger partial charge in [-0.1, -0.05) is 17.7 Å². The van der Waals surface area contributed by atoms with Crippen molar-refractivity contribution in [3.8, 4) is 0 Å². The van der Waals surface area contributed by atoms with Crippen LogP contribution in [0.4, 0.5) is 0 Å². The number of methoxy groups -OCH3 is 1. The molecule has 19 heavy (non-hydrogen) atoms. The van der Waals surface area contributed by atoms with Gasteiger partial charge in [0.2, 0.25) is 0 Å². The summed E-state index contributed by atoms with van der Waals surface area (Å²) in [6.07, 6.45) is 0. The maximum atomic E-state index is 11.8. The molecule has 1 N–H and O–H groups in total. The Labute approximate surface area is 127 Å². The average Bonchev–Trinajstić information content (AvgIpc) is 2.37. The molecule has 0 aromatic heterocycles. The van der Waals surface area contributed by atoms with Gasteiger partial charge in [-0.15, -0.1) is 0 Å². The van der Waals surface area contributed by atoms with Crippen molar-refractivity contribution in [1.29, 1.82) is 0 Å². The molecule has 1 rings (SSSR count). The van der Waals surface area contributed by atoms with E-state index in [9.17, 15) is 4.79 Å². The zero-order valence-corrected chi connectivity index (χ0v) is 13.6. The molecule has 0 spiro atoms. The van der Waals surface area contributed by atoms with Crippen LogP contribution in [-0.2, 0) is 9.53 Å². The van der Waals surface area contributed by atoms with Crippen LogP contribution in [0.1, 0.15) is 11.6 Å². The number of carbonyl (C=O) groups excluding carboxylic acids is 1. The number of esters is 1. The van der Waals surface area contributed by atoms with Gasteiger partial charge in [-0.05, 0) is 47.7 Å².